The molecule has 20 heavy (non-hydrogen) atoms. The summed E-state index contributed by atoms with van der Waals surface area (Å²) in [5.41, 5.74) is 0.386. The molecule has 0 spiro atoms. The van der Waals surface area contributed by atoms with Crippen LogP contribution in [0.2, 0.25) is 10.0 Å². The molecule has 0 aliphatic heterocycles. The van der Waals surface area contributed by atoms with Gasteiger partial charge in [0.1, 0.15) is 5.69 Å². The lowest BCUT2D eigenvalue weighted by Gasteiger charge is -2.06. The van der Waals surface area contributed by atoms with Crippen LogP contribution in [-0.4, -0.2) is 22.0 Å². The monoisotopic (exact) mass is 310 g/mol. The predicted octanol–water partition coefficient (Wildman–Crippen LogP) is 3.34. The molecule has 0 unspecified atom stereocenters. The molecule has 7 heteroatoms. The second kappa shape index (κ2) is 5.90. The Labute approximate surface area is 124 Å². The number of rotatable bonds is 3. The second-order valence-corrected chi connectivity index (χ2v) is 4.72. The normalized spacial score (nSPS) is 10.1. The van der Waals surface area contributed by atoms with Gasteiger partial charge in [0.05, 0.1) is 0 Å². The molecule has 2 rings (SSSR count). The molecule has 1 heterocycles. The van der Waals surface area contributed by atoms with Crippen molar-refractivity contribution in [3.63, 3.8) is 0 Å². The first-order valence-electron chi connectivity index (χ1n) is 5.42. The fraction of sp³-hybridized carbons (Fsp3) is 0. The summed E-state index contributed by atoms with van der Waals surface area (Å²) < 4.78 is 0. The molecule has 0 fully saturated rings. The molecule has 0 saturated carbocycles. The van der Waals surface area contributed by atoms with E-state index >= 15 is 0 Å². The Morgan fingerprint density at radius 1 is 1.10 bits per heavy atom. The highest BCUT2D eigenvalue weighted by Gasteiger charge is 2.11. The van der Waals surface area contributed by atoms with E-state index in [-0.39, 0.29) is 11.3 Å². The van der Waals surface area contributed by atoms with Gasteiger partial charge in [-0.3, -0.25) is 4.79 Å². The Morgan fingerprint density at radius 2 is 1.75 bits per heavy atom. The lowest BCUT2D eigenvalue weighted by atomic mass is 10.2. The number of aromatic nitrogens is 1. The van der Waals surface area contributed by atoms with Crippen LogP contribution in [0.4, 0.5) is 5.69 Å². The molecule has 1 amide bonds. The van der Waals surface area contributed by atoms with Crippen molar-refractivity contribution >= 4 is 40.8 Å². The second-order valence-electron chi connectivity index (χ2n) is 3.85. The molecule has 1 aromatic carbocycles. The van der Waals surface area contributed by atoms with Crippen molar-refractivity contribution < 1.29 is 14.7 Å². The molecule has 102 valence electrons. The number of hydrogen-bond acceptors (Lipinski definition) is 3. The third kappa shape index (κ3) is 3.46. The van der Waals surface area contributed by atoms with E-state index in [4.69, 9.17) is 28.3 Å². The Balaban J connectivity index is 2.23. The molecule has 0 bridgehead atoms. The number of carboxylic acid groups (broad SMARTS) is 1. The van der Waals surface area contributed by atoms with E-state index in [1.807, 2.05) is 0 Å². The number of hydrogen-bond donors (Lipinski definition) is 2. The molecule has 1 aromatic heterocycles. The number of carboxylic acids is 1. The van der Waals surface area contributed by atoms with Crippen molar-refractivity contribution in [1.29, 1.82) is 0 Å². The summed E-state index contributed by atoms with van der Waals surface area (Å²) in [5.74, 6) is -1.68. The van der Waals surface area contributed by atoms with E-state index in [2.05, 4.69) is 10.3 Å². The van der Waals surface area contributed by atoms with Crippen LogP contribution in [0.5, 0.6) is 0 Å². The molecule has 5 nitrogen and oxygen atoms in total. The van der Waals surface area contributed by atoms with Crippen LogP contribution >= 0.6 is 23.2 Å². The number of carbonyl (C=O) groups is 2. The lowest BCUT2D eigenvalue weighted by molar-refractivity contribution is 0.0690. The summed E-state index contributed by atoms with van der Waals surface area (Å²) in [7, 11) is 0. The Hall–Kier alpha value is -2.11. The highest BCUT2D eigenvalue weighted by Crippen LogP contribution is 2.22. The summed E-state index contributed by atoms with van der Waals surface area (Å²) >= 11 is 11.6. The van der Waals surface area contributed by atoms with E-state index in [9.17, 15) is 9.59 Å². The van der Waals surface area contributed by atoms with E-state index in [0.717, 1.165) is 0 Å². The first-order chi connectivity index (χ1) is 9.45. The molecule has 0 aliphatic rings. The number of aromatic carboxylic acids is 1. The predicted molar refractivity (Wildman–Crippen MR) is 75.6 cm³/mol. The van der Waals surface area contributed by atoms with Crippen molar-refractivity contribution in [2.24, 2.45) is 0 Å². The van der Waals surface area contributed by atoms with Gasteiger partial charge in [0, 0.05) is 27.5 Å². The minimum absolute atomic E-state index is 0.175. The van der Waals surface area contributed by atoms with Gasteiger partial charge < -0.3 is 10.4 Å². The molecule has 0 radical (unpaired) electrons. The zero-order chi connectivity index (χ0) is 14.7. The topological polar surface area (TPSA) is 79.3 Å². The van der Waals surface area contributed by atoms with Crippen molar-refractivity contribution in [2.75, 3.05) is 5.32 Å². The van der Waals surface area contributed by atoms with Crippen molar-refractivity contribution in [1.82, 2.24) is 4.98 Å². The van der Waals surface area contributed by atoms with E-state index in [0.29, 0.717) is 15.7 Å². The summed E-state index contributed by atoms with van der Waals surface area (Å²) in [5, 5.41) is 12.2. The Kier molecular flexibility index (Phi) is 4.22. The maximum atomic E-state index is 12.0. The van der Waals surface area contributed by atoms with Crippen LogP contribution in [0, 0.1) is 0 Å². The average molecular weight is 311 g/mol. The van der Waals surface area contributed by atoms with Gasteiger partial charge in [-0.25, -0.2) is 9.78 Å². The number of halogens is 2. The fourth-order valence-corrected chi connectivity index (χ4v) is 2.04. The van der Waals surface area contributed by atoms with Crippen molar-refractivity contribution in [3.8, 4) is 0 Å². The number of nitrogens with zero attached hydrogens (tertiary/aromatic N) is 1. The number of anilines is 1. The van der Waals surface area contributed by atoms with E-state index < -0.39 is 11.9 Å². The van der Waals surface area contributed by atoms with Gasteiger partial charge in [-0.1, -0.05) is 23.2 Å². The van der Waals surface area contributed by atoms with Crippen molar-refractivity contribution in [2.45, 2.75) is 0 Å². The number of nitrogens with one attached hydrogen (secondary N) is 1. The third-order valence-corrected chi connectivity index (χ3v) is 2.80. The summed E-state index contributed by atoms with van der Waals surface area (Å²) in [6, 6.07) is 7.20. The van der Waals surface area contributed by atoms with Gasteiger partial charge in [0.15, 0.2) is 0 Å². The first kappa shape index (κ1) is 14.3. The van der Waals surface area contributed by atoms with Gasteiger partial charge in [-0.05, 0) is 30.3 Å². The third-order valence-electron chi connectivity index (χ3n) is 2.36. The van der Waals surface area contributed by atoms with Crippen molar-refractivity contribution in [3.05, 3.63) is 57.8 Å². The lowest BCUT2D eigenvalue weighted by Crippen LogP contribution is -2.13. The average Bonchev–Trinajstić information content (AvgIpc) is 2.37. The largest absolute Gasteiger partial charge is 0.477 e. The van der Waals surface area contributed by atoms with Gasteiger partial charge in [-0.2, -0.15) is 0 Å². The summed E-state index contributed by atoms with van der Waals surface area (Å²) in [4.78, 5) is 26.4. The van der Waals surface area contributed by atoms with Gasteiger partial charge in [-0.15, -0.1) is 0 Å². The first-order valence-corrected chi connectivity index (χ1v) is 6.18. The molecule has 2 N–H and O–H groups in total. The van der Waals surface area contributed by atoms with E-state index in [1.165, 1.54) is 36.5 Å². The molecular weight excluding hydrogens is 303 g/mol. The zero-order valence-corrected chi connectivity index (χ0v) is 11.4. The quantitative estimate of drug-likeness (QED) is 0.911. The molecular formula is C13H8Cl2N2O3. The highest BCUT2D eigenvalue weighted by atomic mass is 35.5. The number of carbonyl (C=O) groups excluding carboxylic acids is 1. The van der Waals surface area contributed by atoms with Crippen LogP contribution in [0.3, 0.4) is 0 Å². The Morgan fingerprint density at radius 3 is 2.35 bits per heavy atom. The van der Waals surface area contributed by atoms with Crippen LogP contribution in [-0.2, 0) is 0 Å². The van der Waals surface area contributed by atoms with Crippen LogP contribution in [0.15, 0.2) is 36.5 Å². The van der Waals surface area contributed by atoms with Gasteiger partial charge >= 0.3 is 5.97 Å². The van der Waals surface area contributed by atoms with E-state index in [1.54, 1.807) is 0 Å². The smallest absolute Gasteiger partial charge is 0.354 e. The minimum Gasteiger partial charge on any atom is -0.477 e. The number of pyridine rings is 1. The maximum absolute atomic E-state index is 12.0. The molecule has 0 saturated heterocycles. The number of amides is 1. The van der Waals surface area contributed by atoms with Crippen LogP contribution < -0.4 is 5.32 Å². The van der Waals surface area contributed by atoms with Gasteiger partial charge in [0.25, 0.3) is 5.91 Å². The van der Waals surface area contributed by atoms with Gasteiger partial charge in [0.2, 0.25) is 0 Å². The van der Waals surface area contributed by atoms with Crippen LogP contribution in [0.25, 0.3) is 0 Å². The molecule has 0 atom stereocenters. The summed E-state index contributed by atoms with van der Waals surface area (Å²) in [6.07, 6.45) is 1.25. The fourth-order valence-electron chi connectivity index (χ4n) is 1.52. The number of benzene rings is 1. The standard InChI is InChI=1S/C13H8Cl2N2O3/c14-8-4-9(15)6-10(5-8)17-12(18)7-1-2-16-11(3-7)13(19)20/h1-6H,(H,17,18)(H,19,20). The SMILES string of the molecule is O=C(Nc1cc(Cl)cc(Cl)c1)c1ccnc(C(=O)O)c1. The molecule has 0 aliphatic carbocycles. The zero-order valence-electron chi connectivity index (χ0n) is 9.93. The minimum atomic E-state index is -1.20. The summed E-state index contributed by atoms with van der Waals surface area (Å²) in [6.45, 7) is 0. The maximum Gasteiger partial charge on any atom is 0.354 e. The van der Waals surface area contributed by atoms with Crippen LogP contribution in [0.1, 0.15) is 20.8 Å². The Bertz CT molecular complexity index is 669. The molecule has 2 aromatic rings. The highest BCUT2D eigenvalue weighted by molar-refractivity contribution is 6.35.